The van der Waals surface area contributed by atoms with E-state index in [1.807, 2.05) is 0 Å². The number of amides is 1. The first-order valence-electron chi connectivity index (χ1n) is 7.00. The van der Waals surface area contributed by atoms with Gasteiger partial charge in [0.2, 0.25) is 0 Å². The molecule has 3 aromatic rings. The quantitative estimate of drug-likeness (QED) is 0.725. The van der Waals surface area contributed by atoms with Crippen molar-refractivity contribution in [1.29, 1.82) is 0 Å². The second-order valence-corrected chi connectivity index (χ2v) is 5.78. The average Bonchev–Trinajstić information content (AvgIpc) is 3.09. The molecule has 122 valence electrons. The van der Waals surface area contributed by atoms with Gasteiger partial charge in [-0.05, 0) is 17.7 Å². The van der Waals surface area contributed by atoms with Crippen molar-refractivity contribution in [3.05, 3.63) is 69.1 Å². The van der Waals surface area contributed by atoms with Crippen LogP contribution in [0.5, 0.6) is 0 Å². The van der Waals surface area contributed by atoms with Crippen LogP contribution >= 0.6 is 11.3 Å². The molecular formula is C16H13N3O4S. The van der Waals surface area contributed by atoms with Gasteiger partial charge in [0.15, 0.2) is 4.96 Å². The van der Waals surface area contributed by atoms with Crippen molar-refractivity contribution in [3.8, 4) is 0 Å². The van der Waals surface area contributed by atoms with Crippen LogP contribution in [-0.2, 0) is 11.3 Å². The van der Waals surface area contributed by atoms with Crippen molar-refractivity contribution in [2.24, 2.45) is 0 Å². The first kappa shape index (κ1) is 15.9. The summed E-state index contributed by atoms with van der Waals surface area (Å²) in [6.45, 7) is 0.228. The predicted octanol–water partition coefficient (Wildman–Crippen LogP) is 1.47. The van der Waals surface area contributed by atoms with E-state index in [1.54, 1.807) is 35.8 Å². The summed E-state index contributed by atoms with van der Waals surface area (Å²) in [4.78, 5) is 40.4. The molecule has 0 unspecified atom stereocenters. The highest BCUT2D eigenvalue weighted by atomic mass is 32.1. The van der Waals surface area contributed by atoms with Gasteiger partial charge in [-0.3, -0.25) is 14.0 Å². The molecule has 3 rings (SSSR count). The Kier molecular flexibility index (Phi) is 4.39. The van der Waals surface area contributed by atoms with E-state index in [1.165, 1.54) is 29.0 Å². The molecule has 0 aliphatic carbocycles. The number of ether oxygens (including phenoxy) is 1. The number of carbonyl (C=O) groups is 2. The van der Waals surface area contributed by atoms with Crippen LogP contribution in [0.3, 0.4) is 0 Å². The first-order valence-corrected chi connectivity index (χ1v) is 7.88. The van der Waals surface area contributed by atoms with Gasteiger partial charge in [0.1, 0.15) is 5.56 Å². The van der Waals surface area contributed by atoms with Crippen LogP contribution in [0, 0.1) is 0 Å². The van der Waals surface area contributed by atoms with E-state index >= 15 is 0 Å². The fraction of sp³-hybridized carbons (Fsp3) is 0.125. The summed E-state index contributed by atoms with van der Waals surface area (Å²) in [6.07, 6.45) is 2.86. The number of methoxy groups -OCH3 is 1. The van der Waals surface area contributed by atoms with Crippen LogP contribution in [0.15, 0.2) is 46.8 Å². The number of hydrogen-bond acceptors (Lipinski definition) is 6. The van der Waals surface area contributed by atoms with Crippen molar-refractivity contribution in [2.75, 3.05) is 7.11 Å². The smallest absolute Gasteiger partial charge is 0.337 e. The zero-order chi connectivity index (χ0) is 17.1. The number of esters is 1. The highest BCUT2D eigenvalue weighted by Crippen LogP contribution is 2.07. The number of hydrogen-bond donors (Lipinski definition) is 1. The lowest BCUT2D eigenvalue weighted by Gasteiger charge is -2.06. The molecule has 0 aliphatic heterocycles. The third kappa shape index (κ3) is 3.04. The highest BCUT2D eigenvalue weighted by Gasteiger charge is 2.13. The van der Waals surface area contributed by atoms with Gasteiger partial charge < -0.3 is 10.1 Å². The Hall–Kier alpha value is -3.00. The van der Waals surface area contributed by atoms with Crippen LogP contribution in [-0.4, -0.2) is 28.4 Å². The Morgan fingerprint density at radius 3 is 2.75 bits per heavy atom. The van der Waals surface area contributed by atoms with Gasteiger partial charge in [0.25, 0.3) is 11.5 Å². The van der Waals surface area contributed by atoms with Crippen LogP contribution in [0.25, 0.3) is 4.96 Å². The van der Waals surface area contributed by atoms with Gasteiger partial charge in [-0.2, -0.15) is 0 Å². The van der Waals surface area contributed by atoms with Gasteiger partial charge in [0.05, 0.1) is 12.7 Å². The van der Waals surface area contributed by atoms with Gasteiger partial charge in [0, 0.05) is 24.3 Å². The van der Waals surface area contributed by atoms with Gasteiger partial charge in [-0.25, -0.2) is 9.78 Å². The summed E-state index contributed by atoms with van der Waals surface area (Å²) in [5.41, 5.74) is 0.801. The molecule has 0 spiro atoms. The molecule has 1 amide bonds. The van der Waals surface area contributed by atoms with Crippen LogP contribution in [0.1, 0.15) is 26.3 Å². The molecule has 2 heterocycles. The van der Waals surface area contributed by atoms with Gasteiger partial charge in [-0.1, -0.05) is 12.1 Å². The highest BCUT2D eigenvalue weighted by molar-refractivity contribution is 7.15. The fourth-order valence-electron chi connectivity index (χ4n) is 2.13. The molecule has 2 aromatic heterocycles. The van der Waals surface area contributed by atoms with Gasteiger partial charge in [-0.15, -0.1) is 11.3 Å². The molecule has 0 atom stereocenters. The number of fused-ring (bicyclic) bond motifs is 1. The van der Waals surface area contributed by atoms with E-state index in [2.05, 4.69) is 15.0 Å². The molecule has 24 heavy (non-hydrogen) atoms. The lowest BCUT2D eigenvalue weighted by atomic mass is 10.1. The van der Waals surface area contributed by atoms with Crippen LogP contribution < -0.4 is 10.9 Å². The predicted molar refractivity (Wildman–Crippen MR) is 88.3 cm³/mol. The summed E-state index contributed by atoms with van der Waals surface area (Å²) in [5, 5.41) is 4.40. The number of nitrogens with one attached hydrogen (secondary N) is 1. The van der Waals surface area contributed by atoms with Crippen LogP contribution in [0.2, 0.25) is 0 Å². The van der Waals surface area contributed by atoms with Crippen molar-refractivity contribution < 1.29 is 14.3 Å². The lowest BCUT2D eigenvalue weighted by Crippen LogP contribution is -2.30. The third-order valence-electron chi connectivity index (χ3n) is 3.42. The molecule has 0 aliphatic rings. The second-order valence-electron chi connectivity index (χ2n) is 4.90. The van der Waals surface area contributed by atoms with Crippen molar-refractivity contribution >= 4 is 28.2 Å². The zero-order valence-corrected chi connectivity index (χ0v) is 13.5. The van der Waals surface area contributed by atoms with E-state index in [4.69, 9.17) is 0 Å². The molecule has 1 aromatic carbocycles. The van der Waals surface area contributed by atoms with Crippen LogP contribution in [0.4, 0.5) is 0 Å². The lowest BCUT2D eigenvalue weighted by molar-refractivity contribution is 0.0600. The number of aromatic nitrogens is 2. The van der Waals surface area contributed by atoms with E-state index in [9.17, 15) is 14.4 Å². The summed E-state index contributed by atoms with van der Waals surface area (Å²) in [5.74, 6) is -0.918. The maximum atomic E-state index is 12.2. The molecule has 8 heteroatoms. The number of carbonyl (C=O) groups excluding carboxylic acids is 2. The molecule has 0 fully saturated rings. The Labute approximate surface area is 140 Å². The molecule has 0 radical (unpaired) electrons. The molecule has 0 saturated carbocycles. The van der Waals surface area contributed by atoms with E-state index in [0.717, 1.165) is 5.56 Å². The second kappa shape index (κ2) is 6.63. The largest absolute Gasteiger partial charge is 0.465 e. The van der Waals surface area contributed by atoms with Gasteiger partial charge >= 0.3 is 5.97 Å². The summed E-state index contributed by atoms with van der Waals surface area (Å²) in [7, 11) is 1.31. The first-order chi connectivity index (χ1) is 11.6. The molecule has 0 saturated heterocycles. The number of rotatable bonds is 4. The Bertz CT molecular complexity index is 959. The van der Waals surface area contributed by atoms with E-state index in [-0.39, 0.29) is 12.1 Å². The topological polar surface area (TPSA) is 89.8 Å². The maximum absolute atomic E-state index is 12.2. The molecule has 1 N–H and O–H groups in total. The van der Waals surface area contributed by atoms with Crippen molar-refractivity contribution in [3.63, 3.8) is 0 Å². The molecular weight excluding hydrogens is 330 g/mol. The summed E-state index contributed by atoms with van der Waals surface area (Å²) < 4.78 is 5.96. The maximum Gasteiger partial charge on any atom is 0.337 e. The van der Waals surface area contributed by atoms with E-state index in [0.29, 0.717) is 10.5 Å². The fourth-order valence-corrected chi connectivity index (χ4v) is 2.81. The minimum absolute atomic E-state index is 0.0166. The molecule has 7 nitrogen and oxygen atoms in total. The van der Waals surface area contributed by atoms with Crippen molar-refractivity contribution in [1.82, 2.24) is 14.7 Å². The minimum Gasteiger partial charge on any atom is -0.465 e. The standard InChI is InChI=1S/C16H13N3O4S/c1-23-15(22)11-4-2-10(3-5-11)8-17-13(20)12-9-18-16-19(14(12)21)6-7-24-16/h2-7,9H,8H2,1H3,(H,17,20). The number of benzene rings is 1. The van der Waals surface area contributed by atoms with Crippen molar-refractivity contribution in [2.45, 2.75) is 6.54 Å². The summed E-state index contributed by atoms with van der Waals surface area (Å²) in [6, 6.07) is 6.64. The normalized spacial score (nSPS) is 10.5. The minimum atomic E-state index is -0.495. The number of thiazole rings is 1. The summed E-state index contributed by atoms with van der Waals surface area (Å²) >= 11 is 1.32. The van der Waals surface area contributed by atoms with E-state index < -0.39 is 17.4 Å². The Balaban J connectivity index is 1.71. The molecule has 0 bridgehead atoms. The zero-order valence-electron chi connectivity index (χ0n) is 12.7. The Morgan fingerprint density at radius 1 is 1.29 bits per heavy atom. The SMILES string of the molecule is COC(=O)c1ccc(CNC(=O)c2cnc3sccn3c2=O)cc1. The third-order valence-corrected chi connectivity index (χ3v) is 4.19. The monoisotopic (exact) mass is 343 g/mol. The average molecular weight is 343 g/mol. The Morgan fingerprint density at radius 2 is 2.04 bits per heavy atom. The number of nitrogens with zero attached hydrogens (tertiary/aromatic N) is 2.